The topological polar surface area (TPSA) is 21.3 Å². The fourth-order valence-corrected chi connectivity index (χ4v) is 4.97. The van der Waals surface area contributed by atoms with Crippen molar-refractivity contribution >= 4 is 0 Å². The average molecular weight is 400 g/mol. The van der Waals surface area contributed by atoms with Crippen LogP contribution in [0.1, 0.15) is 46.9 Å². The fraction of sp³-hybridized carbons (Fsp3) is 0.357. The minimum Gasteiger partial charge on any atom is -0.385 e. The van der Waals surface area contributed by atoms with Gasteiger partial charge in [0.1, 0.15) is 0 Å². The number of rotatable bonds is 7. The standard InChI is InChI=1S/C28H33NO/c1-21-19-24(26-13-7-6-11-22(26)12-8-18-30-2)14-15-25(21)28-20-29-17-16-27(28)23-9-4-3-5-10-23/h3-7,9-11,13-15,19,27-29H,8,12,16-18,20H2,1-2H3/t27-,28-/m0/s1. The van der Waals surface area contributed by atoms with Crippen LogP contribution in [-0.2, 0) is 11.2 Å². The smallest absolute Gasteiger partial charge is 0.0465 e. The Morgan fingerprint density at radius 1 is 0.933 bits per heavy atom. The molecule has 30 heavy (non-hydrogen) atoms. The van der Waals surface area contributed by atoms with Crippen LogP contribution in [0.25, 0.3) is 11.1 Å². The molecule has 2 heteroatoms. The SMILES string of the molecule is COCCCc1ccccc1-c1ccc([C@@H]2CNCC[C@H]2c2ccccc2)c(C)c1. The quantitative estimate of drug-likeness (QED) is 0.485. The summed E-state index contributed by atoms with van der Waals surface area (Å²) in [6.45, 7) is 5.24. The van der Waals surface area contributed by atoms with Crippen molar-refractivity contribution in [3.63, 3.8) is 0 Å². The summed E-state index contributed by atoms with van der Waals surface area (Å²) in [4.78, 5) is 0. The molecule has 0 radical (unpaired) electrons. The number of hydrogen-bond donors (Lipinski definition) is 1. The highest BCUT2D eigenvalue weighted by Crippen LogP contribution is 2.39. The van der Waals surface area contributed by atoms with Gasteiger partial charge in [-0.15, -0.1) is 0 Å². The molecule has 0 unspecified atom stereocenters. The van der Waals surface area contributed by atoms with Crippen LogP contribution in [-0.4, -0.2) is 26.8 Å². The molecule has 1 N–H and O–H groups in total. The summed E-state index contributed by atoms with van der Waals surface area (Å²) in [6.07, 6.45) is 3.29. The number of nitrogens with one attached hydrogen (secondary N) is 1. The molecule has 4 rings (SSSR count). The van der Waals surface area contributed by atoms with Gasteiger partial charge in [-0.1, -0.05) is 72.8 Å². The van der Waals surface area contributed by atoms with Crippen molar-refractivity contribution in [1.29, 1.82) is 0 Å². The van der Waals surface area contributed by atoms with Crippen LogP contribution in [0.5, 0.6) is 0 Å². The van der Waals surface area contributed by atoms with E-state index in [1.165, 1.54) is 39.8 Å². The van der Waals surface area contributed by atoms with Gasteiger partial charge in [0.15, 0.2) is 0 Å². The zero-order valence-electron chi connectivity index (χ0n) is 18.2. The maximum atomic E-state index is 5.25. The van der Waals surface area contributed by atoms with Crippen LogP contribution >= 0.6 is 0 Å². The van der Waals surface area contributed by atoms with E-state index >= 15 is 0 Å². The van der Waals surface area contributed by atoms with E-state index in [2.05, 4.69) is 85.0 Å². The van der Waals surface area contributed by atoms with E-state index in [0.29, 0.717) is 11.8 Å². The Balaban J connectivity index is 1.62. The normalized spacial score (nSPS) is 19.0. The molecule has 0 spiro atoms. The van der Waals surface area contributed by atoms with Crippen LogP contribution in [0.15, 0.2) is 72.8 Å². The van der Waals surface area contributed by atoms with Crippen molar-refractivity contribution in [2.24, 2.45) is 0 Å². The Morgan fingerprint density at radius 2 is 1.73 bits per heavy atom. The first-order valence-corrected chi connectivity index (χ1v) is 11.2. The van der Waals surface area contributed by atoms with Gasteiger partial charge in [-0.3, -0.25) is 0 Å². The molecule has 2 nitrogen and oxygen atoms in total. The molecule has 0 bridgehead atoms. The Bertz CT molecular complexity index is 950. The molecule has 0 aliphatic carbocycles. The minimum atomic E-state index is 0.521. The Hall–Kier alpha value is -2.42. The molecule has 1 fully saturated rings. The van der Waals surface area contributed by atoms with Crippen molar-refractivity contribution in [2.75, 3.05) is 26.8 Å². The van der Waals surface area contributed by atoms with Crippen LogP contribution in [0, 0.1) is 6.92 Å². The average Bonchev–Trinajstić information content (AvgIpc) is 2.80. The summed E-state index contributed by atoms with van der Waals surface area (Å²) in [5.41, 5.74) is 8.43. The zero-order valence-corrected chi connectivity index (χ0v) is 18.2. The Morgan fingerprint density at radius 3 is 2.53 bits per heavy atom. The summed E-state index contributed by atoms with van der Waals surface area (Å²) >= 11 is 0. The fourth-order valence-electron chi connectivity index (χ4n) is 4.97. The van der Waals surface area contributed by atoms with Gasteiger partial charge in [-0.25, -0.2) is 0 Å². The van der Waals surface area contributed by atoms with Gasteiger partial charge < -0.3 is 10.1 Å². The van der Waals surface area contributed by atoms with Crippen LogP contribution in [0.4, 0.5) is 0 Å². The maximum absolute atomic E-state index is 5.25. The third kappa shape index (κ3) is 4.66. The molecular formula is C28H33NO. The van der Waals surface area contributed by atoms with E-state index < -0.39 is 0 Å². The van der Waals surface area contributed by atoms with Crippen LogP contribution < -0.4 is 5.32 Å². The van der Waals surface area contributed by atoms with E-state index in [9.17, 15) is 0 Å². The lowest BCUT2D eigenvalue weighted by atomic mass is 9.76. The second kappa shape index (κ2) is 10.1. The molecule has 1 heterocycles. The predicted octanol–water partition coefficient (Wildman–Crippen LogP) is 6.10. The van der Waals surface area contributed by atoms with Crippen molar-refractivity contribution < 1.29 is 4.74 Å². The monoisotopic (exact) mass is 399 g/mol. The molecule has 2 atom stereocenters. The molecular weight excluding hydrogens is 366 g/mol. The van der Waals surface area contributed by atoms with Gasteiger partial charge in [0.25, 0.3) is 0 Å². The largest absolute Gasteiger partial charge is 0.385 e. The number of ether oxygens (including phenoxy) is 1. The molecule has 3 aromatic rings. The molecule has 1 aliphatic rings. The number of methoxy groups -OCH3 is 1. The number of piperidine rings is 1. The highest BCUT2D eigenvalue weighted by Gasteiger charge is 2.28. The van der Waals surface area contributed by atoms with Gasteiger partial charge in [0, 0.05) is 26.2 Å². The lowest BCUT2D eigenvalue weighted by molar-refractivity contribution is 0.195. The van der Waals surface area contributed by atoms with E-state index in [1.807, 2.05) is 0 Å². The van der Waals surface area contributed by atoms with E-state index in [1.54, 1.807) is 7.11 Å². The van der Waals surface area contributed by atoms with Gasteiger partial charge >= 0.3 is 0 Å². The minimum absolute atomic E-state index is 0.521. The molecule has 0 saturated carbocycles. The van der Waals surface area contributed by atoms with E-state index in [-0.39, 0.29) is 0 Å². The Kier molecular flexibility index (Phi) is 6.99. The van der Waals surface area contributed by atoms with E-state index in [4.69, 9.17) is 4.74 Å². The van der Waals surface area contributed by atoms with Crippen molar-refractivity contribution in [3.8, 4) is 11.1 Å². The second-order valence-electron chi connectivity index (χ2n) is 8.44. The first kappa shape index (κ1) is 20.8. The Labute approximate surface area is 181 Å². The zero-order chi connectivity index (χ0) is 20.8. The highest BCUT2D eigenvalue weighted by molar-refractivity contribution is 5.68. The molecule has 0 amide bonds. The molecule has 1 aliphatic heterocycles. The first-order chi connectivity index (χ1) is 14.8. The lowest BCUT2D eigenvalue weighted by Crippen LogP contribution is -2.34. The summed E-state index contributed by atoms with van der Waals surface area (Å²) in [6, 6.07) is 26.9. The molecule has 156 valence electrons. The van der Waals surface area contributed by atoms with Crippen LogP contribution in [0.2, 0.25) is 0 Å². The van der Waals surface area contributed by atoms with Crippen molar-refractivity contribution in [2.45, 2.75) is 38.0 Å². The summed E-state index contributed by atoms with van der Waals surface area (Å²) in [5.74, 6) is 1.10. The lowest BCUT2D eigenvalue weighted by Gasteiger charge is -2.34. The highest BCUT2D eigenvalue weighted by atomic mass is 16.5. The first-order valence-electron chi connectivity index (χ1n) is 11.2. The third-order valence-corrected chi connectivity index (χ3v) is 6.50. The summed E-state index contributed by atoms with van der Waals surface area (Å²) < 4.78 is 5.25. The number of hydrogen-bond acceptors (Lipinski definition) is 2. The van der Waals surface area contributed by atoms with Gasteiger partial charge in [0.2, 0.25) is 0 Å². The van der Waals surface area contributed by atoms with Gasteiger partial charge in [-0.2, -0.15) is 0 Å². The van der Waals surface area contributed by atoms with E-state index in [0.717, 1.165) is 32.5 Å². The van der Waals surface area contributed by atoms with Gasteiger partial charge in [-0.05, 0) is 72.0 Å². The van der Waals surface area contributed by atoms with Crippen molar-refractivity contribution in [1.82, 2.24) is 5.32 Å². The second-order valence-corrected chi connectivity index (χ2v) is 8.44. The summed E-state index contributed by atoms with van der Waals surface area (Å²) in [5, 5.41) is 3.63. The van der Waals surface area contributed by atoms with Gasteiger partial charge in [0.05, 0.1) is 0 Å². The predicted molar refractivity (Wildman–Crippen MR) is 126 cm³/mol. The van der Waals surface area contributed by atoms with Crippen LogP contribution in [0.3, 0.4) is 0 Å². The molecule has 1 saturated heterocycles. The number of benzene rings is 3. The summed E-state index contributed by atoms with van der Waals surface area (Å²) in [7, 11) is 1.77. The third-order valence-electron chi connectivity index (χ3n) is 6.50. The maximum Gasteiger partial charge on any atom is 0.0465 e. The molecule has 0 aromatic heterocycles. The van der Waals surface area contributed by atoms with Crippen molar-refractivity contribution in [3.05, 3.63) is 95.1 Å². The molecule has 3 aromatic carbocycles. The number of aryl methyl sites for hydroxylation is 2.